The summed E-state index contributed by atoms with van der Waals surface area (Å²) in [6.45, 7) is -0.456. The summed E-state index contributed by atoms with van der Waals surface area (Å²) in [6, 6.07) is -1.73. The van der Waals surface area contributed by atoms with E-state index in [0.717, 1.165) is 0 Å². The fourth-order valence-corrected chi connectivity index (χ4v) is 2.63. The number of hydrogen-bond donors (Lipinski definition) is 4. The van der Waals surface area contributed by atoms with Gasteiger partial charge >= 0.3 is 24.2 Å². The Bertz CT molecular complexity index is 584. The van der Waals surface area contributed by atoms with Crippen LogP contribution in [-0.4, -0.2) is 61.2 Å². The van der Waals surface area contributed by atoms with Crippen LogP contribution in [0.4, 0.5) is 26.3 Å². The molecule has 2 atom stereocenters. The van der Waals surface area contributed by atoms with Crippen LogP contribution < -0.4 is 21.3 Å². The largest absolute Gasteiger partial charge is 0.471 e. The lowest BCUT2D eigenvalue weighted by Gasteiger charge is -2.29. The lowest BCUT2D eigenvalue weighted by Crippen LogP contribution is -2.61. The van der Waals surface area contributed by atoms with Crippen LogP contribution in [0.1, 0.15) is 38.5 Å². The van der Waals surface area contributed by atoms with Gasteiger partial charge in [0.2, 0.25) is 11.8 Å². The van der Waals surface area contributed by atoms with Crippen molar-refractivity contribution in [3.63, 3.8) is 0 Å². The molecule has 1 rings (SSSR count). The van der Waals surface area contributed by atoms with Crippen molar-refractivity contribution in [1.29, 1.82) is 0 Å². The zero-order chi connectivity index (χ0) is 22.9. The van der Waals surface area contributed by atoms with Crippen LogP contribution in [0.3, 0.4) is 0 Å². The third-order valence-corrected chi connectivity index (χ3v) is 4.19. The van der Waals surface area contributed by atoms with Crippen molar-refractivity contribution >= 4 is 23.6 Å². The van der Waals surface area contributed by atoms with Crippen LogP contribution in [0.25, 0.3) is 0 Å². The van der Waals surface area contributed by atoms with Gasteiger partial charge in [0.25, 0.3) is 0 Å². The van der Waals surface area contributed by atoms with Gasteiger partial charge in [0.1, 0.15) is 12.1 Å². The van der Waals surface area contributed by atoms with Crippen molar-refractivity contribution in [2.75, 3.05) is 13.1 Å². The quantitative estimate of drug-likeness (QED) is 0.290. The fourth-order valence-electron chi connectivity index (χ4n) is 2.63. The summed E-state index contributed by atoms with van der Waals surface area (Å²) in [5, 5.41) is 8.36. The Balaban J connectivity index is 2.22. The first-order chi connectivity index (χ1) is 13.8. The highest BCUT2D eigenvalue weighted by molar-refractivity contribution is 5.96. The Hall–Kier alpha value is -2.54. The predicted molar refractivity (Wildman–Crippen MR) is 89.7 cm³/mol. The van der Waals surface area contributed by atoms with E-state index < -0.39 is 48.1 Å². The number of unbranched alkanes of at least 4 members (excludes halogenated alkanes) is 2. The number of rotatable bonds is 10. The highest BCUT2D eigenvalue weighted by Crippen LogP contribution is 2.15. The maximum Gasteiger partial charge on any atom is 0.471 e. The number of amides is 4. The van der Waals surface area contributed by atoms with E-state index >= 15 is 0 Å². The van der Waals surface area contributed by atoms with E-state index in [0.29, 0.717) is 0 Å². The second-order valence-corrected chi connectivity index (χ2v) is 6.62. The summed E-state index contributed by atoms with van der Waals surface area (Å²) in [4.78, 5) is 45.3. The lowest BCUT2D eigenvalue weighted by molar-refractivity contribution is -0.173. The Morgan fingerprint density at radius 2 is 1.03 bits per heavy atom. The Kier molecular flexibility index (Phi) is 9.36. The molecule has 0 saturated carbocycles. The average Bonchev–Trinajstić information content (AvgIpc) is 2.62. The molecule has 4 amide bonds. The second-order valence-electron chi connectivity index (χ2n) is 6.62. The minimum atomic E-state index is -4.96. The smallest absolute Gasteiger partial charge is 0.348 e. The average molecular weight is 448 g/mol. The van der Waals surface area contributed by atoms with Gasteiger partial charge in [-0.05, 0) is 38.5 Å². The number of carbonyl (C=O) groups is 4. The molecule has 0 radical (unpaired) electrons. The summed E-state index contributed by atoms with van der Waals surface area (Å²) < 4.78 is 72.1. The summed E-state index contributed by atoms with van der Waals surface area (Å²) >= 11 is 0. The summed E-state index contributed by atoms with van der Waals surface area (Å²) in [6.07, 6.45) is -8.69. The van der Waals surface area contributed by atoms with E-state index in [2.05, 4.69) is 10.6 Å². The van der Waals surface area contributed by atoms with Gasteiger partial charge in [-0.1, -0.05) is 0 Å². The Morgan fingerprint density at radius 1 is 0.700 bits per heavy atom. The van der Waals surface area contributed by atoms with Gasteiger partial charge in [0.15, 0.2) is 0 Å². The third kappa shape index (κ3) is 8.86. The van der Waals surface area contributed by atoms with E-state index in [9.17, 15) is 45.5 Å². The molecule has 1 heterocycles. The van der Waals surface area contributed by atoms with Crippen LogP contribution in [0.15, 0.2) is 0 Å². The third-order valence-electron chi connectivity index (χ3n) is 4.19. The monoisotopic (exact) mass is 448 g/mol. The van der Waals surface area contributed by atoms with Gasteiger partial charge in [-0.2, -0.15) is 26.3 Å². The molecule has 1 fully saturated rings. The van der Waals surface area contributed by atoms with Gasteiger partial charge in [0.05, 0.1) is 0 Å². The Labute approximate surface area is 167 Å². The molecule has 1 saturated heterocycles. The molecular weight excluding hydrogens is 426 g/mol. The SMILES string of the molecule is O=C1N[C@@H](CCCCNC(=O)C(F)(F)F)C(=O)NC1CCCCNC(=O)C(F)(F)F. The van der Waals surface area contributed by atoms with E-state index in [-0.39, 0.29) is 51.6 Å². The molecule has 1 aliphatic rings. The van der Waals surface area contributed by atoms with Gasteiger partial charge in [-0.25, -0.2) is 0 Å². The highest BCUT2D eigenvalue weighted by atomic mass is 19.4. The lowest BCUT2D eigenvalue weighted by atomic mass is 10.0. The molecule has 1 aliphatic heterocycles. The van der Waals surface area contributed by atoms with Crippen LogP contribution in [-0.2, 0) is 19.2 Å². The van der Waals surface area contributed by atoms with Crippen LogP contribution in [0, 0.1) is 0 Å². The number of alkyl halides is 6. The first kappa shape index (κ1) is 25.5. The van der Waals surface area contributed by atoms with Gasteiger partial charge < -0.3 is 21.3 Å². The maximum atomic E-state index is 12.0. The van der Waals surface area contributed by atoms with E-state index in [1.165, 1.54) is 0 Å². The van der Waals surface area contributed by atoms with Crippen molar-refractivity contribution in [2.24, 2.45) is 0 Å². The molecule has 0 aromatic rings. The minimum absolute atomic E-state index is 0.162. The summed E-state index contributed by atoms with van der Waals surface area (Å²) in [5.74, 6) is -5.06. The Morgan fingerprint density at radius 3 is 1.33 bits per heavy atom. The molecule has 172 valence electrons. The van der Waals surface area contributed by atoms with E-state index in [1.54, 1.807) is 10.6 Å². The molecule has 0 aromatic carbocycles. The molecule has 0 bridgehead atoms. The van der Waals surface area contributed by atoms with Gasteiger partial charge in [0, 0.05) is 13.1 Å². The van der Waals surface area contributed by atoms with Crippen LogP contribution in [0.5, 0.6) is 0 Å². The van der Waals surface area contributed by atoms with Gasteiger partial charge in [-0.15, -0.1) is 0 Å². The molecule has 1 unspecified atom stereocenters. The molecule has 8 nitrogen and oxygen atoms in total. The number of carbonyl (C=O) groups excluding carboxylic acids is 4. The molecule has 14 heteroatoms. The number of nitrogens with one attached hydrogen (secondary N) is 4. The van der Waals surface area contributed by atoms with Crippen molar-refractivity contribution < 1.29 is 45.5 Å². The molecule has 4 N–H and O–H groups in total. The van der Waals surface area contributed by atoms with E-state index in [4.69, 9.17) is 0 Å². The van der Waals surface area contributed by atoms with Crippen molar-refractivity contribution in [2.45, 2.75) is 63.0 Å². The fraction of sp³-hybridized carbons (Fsp3) is 0.750. The number of halogens is 6. The van der Waals surface area contributed by atoms with Crippen LogP contribution >= 0.6 is 0 Å². The molecule has 0 aliphatic carbocycles. The van der Waals surface area contributed by atoms with Crippen LogP contribution in [0.2, 0.25) is 0 Å². The number of piperazine rings is 1. The standard InChI is InChI=1S/C16H22F6N4O4/c17-15(18,19)13(29)23-7-3-1-5-9-11(27)26-10(12(28)25-9)6-2-4-8-24-14(30)16(20,21)22/h9-10H,1-8H2,(H,23,29)(H,24,30)(H,25,28)(H,26,27)/t9-,10?/m0/s1. The molecular formula is C16H22F6N4O4. The summed E-state index contributed by atoms with van der Waals surface area (Å²) in [5.41, 5.74) is 0. The van der Waals surface area contributed by atoms with Crippen molar-refractivity contribution in [3.8, 4) is 0 Å². The number of hydrogen-bond acceptors (Lipinski definition) is 4. The first-order valence-electron chi connectivity index (χ1n) is 9.13. The first-order valence-corrected chi connectivity index (χ1v) is 9.13. The highest BCUT2D eigenvalue weighted by Gasteiger charge is 2.39. The molecule has 0 spiro atoms. The van der Waals surface area contributed by atoms with Gasteiger partial charge in [-0.3, -0.25) is 19.2 Å². The minimum Gasteiger partial charge on any atom is -0.348 e. The predicted octanol–water partition coefficient (Wildman–Crippen LogP) is 0.667. The topological polar surface area (TPSA) is 116 Å². The van der Waals surface area contributed by atoms with Crippen molar-refractivity contribution in [1.82, 2.24) is 21.3 Å². The second kappa shape index (κ2) is 11.0. The maximum absolute atomic E-state index is 12.0. The van der Waals surface area contributed by atoms with E-state index in [1.807, 2.05) is 0 Å². The molecule has 0 aromatic heterocycles. The normalized spacial score (nSPS) is 19.7. The zero-order valence-electron chi connectivity index (χ0n) is 15.7. The zero-order valence-corrected chi connectivity index (χ0v) is 15.7. The molecule has 30 heavy (non-hydrogen) atoms. The summed E-state index contributed by atoms with van der Waals surface area (Å²) in [7, 11) is 0. The van der Waals surface area contributed by atoms with Crippen molar-refractivity contribution in [3.05, 3.63) is 0 Å².